The average Bonchev–Trinajstić information content (AvgIpc) is 3.01. The van der Waals surface area contributed by atoms with Crippen LogP contribution in [-0.4, -0.2) is 65.8 Å². The third-order valence-corrected chi connectivity index (χ3v) is 7.51. The molecule has 48 heavy (non-hydrogen) atoms. The average molecular weight is 719 g/mol. The number of nitrogens with one attached hydrogen (secondary N) is 3. The lowest BCUT2D eigenvalue weighted by Gasteiger charge is -2.33. The molecule has 3 amide bonds. The van der Waals surface area contributed by atoms with E-state index in [1.165, 1.54) is 32.0 Å². The van der Waals surface area contributed by atoms with Crippen LogP contribution in [0.2, 0.25) is 10.0 Å². The highest BCUT2D eigenvalue weighted by molar-refractivity contribution is 6.34. The molecular formula is C33H34Cl2F5N3O5. The van der Waals surface area contributed by atoms with Gasteiger partial charge in [-0.3, -0.25) is 14.4 Å². The van der Waals surface area contributed by atoms with Crippen molar-refractivity contribution in [3.05, 3.63) is 100 Å². The molecule has 0 saturated carbocycles. The summed E-state index contributed by atoms with van der Waals surface area (Å²) in [6.07, 6.45) is -9.26. The van der Waals surface area contributed by atoms with Crippen LogP contribution in [0.25, 0.3) is 0 Å². The summed E-state index contributed by atoms with van der Waals surface area (Å²) in [4.78, 5) is 39.4. The topological polar surface area (TPSA) is 117 Å². The Morgan fingerprint density at radius 2 is 1.31 bits per heavy atom. The van der Waals surface area contributed by atoms with Gasteiger partial charge >= 0.3 is 12.1 Å². The number of aliphatic hydroxyl groups excluding tert-OH is 1. The van der Waals surface area contributed by atoms with Gasteiger partial charge in [0.05, 0.1) is 6.04 Å². The molecule has 0 unspecified atom stereocenters. The van der Waals surface area contributed by atoms with E-state index in [1.54, 1.807) is 60.7 Å². The number of benzene rings is 3. The van der Waals surface area contributed by atoms with Gasteiger partial charge < -0.3 is 25.8 Å². The molecule has 0 spiro atoms. The lowest BCUT2D eigenvalue weighted by Crippen LogP contribution is -2.62. The molecule has 0 fully saturated rings. The van der Waals surface area contributed by atoms with E-state index in [1.807, 2.05) is 0 Å². The van der Waals surface area contributed by atoms with E-state index >= 15 is 0 Å². The largest absolute Gasteiger partial charge is 0.480 e. The minimum absolute atomic E-state index is 0.0308. The molecule has 0 radical (unpaired) electrons. The lowest BCUT2D eigenvalue weighted by molar-refractivity contribution is -0.174. The van der Waals surface area contributed by atoms with Gasteiger partial charge in [0.1, 0.15) is 24.4 Å². The summed E-state index contributed by atoms with van der Waals surface area (Å²) >= 11 is 12.2. The zero-order valence-electron chi connectivity index (χ0n) is 25.7. The number of ether oxygens (including phenoxy) is 1. The molecule has 3 aromatic carbocycles. The molecular weight excluding hydrogens is 684 g/mol. The third-order valence-electron chi connectivity index (χ3n) is 7.08. The summed E-state index contributed by atoms with van der Waals surface area (Å²) in [7, 11) is 0. The minimum atomic E-state index is -4.98. The zero-order chi connectivity index (χ0) is 35.6. The number of hydrogen-bond acceptors (Lipinski definition) is 5. The first-order chi connectivity index (χ1) is 22.5. The van der Waals surface area contributed by atoms with Crippen molar-refractivity contribution in [1.82, 2.24) is 16.0 Å². The molecule has 0 heterocycles. The fraction of sp³-hybridized carbons (Fsp3) is 0.364. The van der Waals surface area contributed by atoms with Crippen LogP contribution in [0.3, 0.4) is 0 Å². The Morgan fingerprint density at radius 1 is 0.792 bits per heavy atom. The number of amides is 3. The molecule has 0 bridgehead atoms. The van der Waals surface area contributed by atoms with Crippen molar-refractivity contribution in [3.8, 4) is 5.75 Å². The fourth-order valence-electron chi connectivity index (χ4n) is 4.63. The second-order valence-electron chi connectivity index (χ2n) is 11.3. The third kappa shape index (κ3) is 11.6. The Balaban J connectivity index is 1.89. The number of rotatable bonds is 15. The number of alkyl halides is 5. The van der Waals surface area contributed by atoms with Crippen molar-refractivity contribution in [1.29, 1.82) is 0 Å². The number of carbonyl (C=O) groups is 3. The van der Waals surface area contributed by atoms with Gasteiger partial charge in [0.2, 0.25) is 5.91 Å². The molecule has 0 aliphatic heterocycles. The van der Waals surface area contributed by atoms with Gasteiger partial charge in [0.15, 0.2) is 6.10 Å². The maximum Gasteiger partial charge on any atom is 0.405 e. The standard InChI is InChI=1S/C33H34Cl2F5N3O5/c1-19(2)27(28(44)33(39,40)31(47)41-18-32(36,37)38)43-29(45)25(13-20-9-5-3-6-10-20)42-30(46)26(14-21-11-7-4-8-12-21)48-24-16-22(34)15-23(35)17-24/h3-12,15-17,19,25-28,44H,13-14,18H2,1-2H3,(H,41,47)(H,42,46)(H,43,45)/t25-,26+,27-,28+/m0/s1. The number of hydrogen-bond donors (Lipinski definition) is 4. The van der Waals surface area contributed by atoms with Gasteiger partial charge in [0.25, 0.3) is 11.8 Å². The van der Waals surface area contributed by atoms with Crippen molar-refractivity contribution < 1.29 is 46.2 Å². The first-order valence-corrected chi connectivity index (χ1v) is 15.4. The Labute approximate surface area is 283 Å². The van der Waals surface area contributed by atoms with Gasteiger partial charge in [-0.05, 0) is 35.2 Å². The molecule has 0 aliphatic rings. The highest BCUT2D eigenvalue weighted by atomic mass is 35.5. The second kappa shape index (κ2) is 16.9. The summed E-state index contributed by atoms with van der Waals surface area (Å²) in [6.45, 7) is 0.649. The Hall–Kier alpha value is -3.94. The molecule has 3 aromatic rings. The molecule has 0 aromatic heterocycles. The number of aliphatic hydroxyl groups is 1. The maximum absolute atomic E-state index is 14.9. The maximum atomic E-state index is 14.9. The number of carbonyl (C=O) groups excluding carboxylic acids is 3. The second-order valence-corrected chi connectivity index (χ2v) is 12.2. The molecule has 0 aliphatic carbocycles. The monoisotopic (exact) mass is 717 g/mol. The quantitative estimate of drug-likeness (QED) is 0.155. The van der Waals surface area contributed by atoms with E-state index in [-0.39, 0.29) is 28.6 Å². The SMILES string of the molecule is CC(C)[C@H](NC(=O)[C@H](Cc1ccccc1)NC(=O)[C@@H](Cc1ccccc1)Oc1cc(Cl)cc(Cl)c1)[C@@H](O)C(F)(F)C(=O)NCC(F)(F)F. The highest BCUT2D eigenvalue weighted by Crippen LogP contribution is 2.27. The van der Waals surface area contributed by atoms with Crippen molar-refractivity contribution in [3.63, 3.8) is 0 Å². The number of halogens is 7. The van der Waals surface area contributed by atoms with Gasteiger partial charge in [-0.15, -0.1) is 0 Å². The van der Waals surface area contributed by atoms with E-state index in [4.69, 9.17) is 27.9 Å². The smallest absolute Gasteiger partial charge is 0.405 e. The molecule has 15 heteroatoms. The normalized spacial score (nSPS) is 14.4. The van der Waals surface area contributed by atoms with Gasteiger partial charge in [0, 0.05) is 22.9 Å². The highest BCUT2D eigenvalue weighted by Gasteiger charge is 2.52. The van der Waals surface area contributed by atoms with E-state index in [9.17, 15) is 41.4 Å². The fourth-order valence-corrected chi connectivity index (χ4v) is 5.14. The van der Waals surface area contributed by atoms with Crippen LogP contribution >= 0.6 is 23.2 Å². The van der Waals surface area contributed by atoms with Crippen LogP contribution in [0.4, 0.5) is 22.0 Å². The lowest BCUT2D eigenvalue weighted by atomic mass is 9.93. The summed E-state index contributed by atoms with van der Waals surface area (Å²) in [5.74, 6) is -9.67. The van der Waals surface area contributed by atoms with E-state index in [2.05, 4.69) is 10.6 Å². The molecule has 8 nitrogen and oxygen atoms in total. The van der Waals surface area contributed by atoms with Crippen LogP contribution < -0.4 is 20.7 Å². The summed E-state index contributed by atoms with van der Waals surface area (Å²) < 4.78 is 73.4. The van der Waals surface area contributed by atoms with Crippen molar-refractivity contribution in [2.45, 2.75) is 63.1 Å². The van der Waals surface area contributed by atoms with Crippen LogP contribution in [0.15, 0.2) is 78.9 Å². The first-order valence-electron chi connectivity index (χ1n) is 14.7. The molecule has 3 rings (SSSR count). The van der Waals surface area contributed by atoms with E-state index in [0.29, 0.717) is 11.1 Å². The summed E-state index contributed by atoms with van der Waals surface area (Å²) in [5, 5.41) is 16.9. The van der Waals surface area contributed by atoms with Crippen molar-refractivity contribution in [2.24, 2.45) is 5.92 Å². The predicted octanol–water partition coefficient (Wildman–Crippen LogP) is 5.53. The van der Waals surface area contributed by atoms with Crippen LogP contribution in [0, 0.1) is 5.92 Å². The first kappa shape index (κ1) is 38.5. The van der Waals surface area contributed by atoms with Crippen LogP contribution in [0.1, 0.15) is 25.0 Å². The van der Waals surface area contributed by atoms with Crippen LogP contribution in [-0.2, 0) is 27.2 Å². The van der Waals surface area contributed by atoms with Crippen LogP contribution in [0.5, 0.6) is 5.75 Å². The minimum Gasteiger partial charge on any atom is -0.480 e. The summed E-state index contributed by atoms with van der Waals surface area (Å²) in [5.41, 5.74) is 1.27. The molecule has 260 valence electrons. The Kier molecular flexibility index (Phi) is 13.6. The molecule has 4 atom stereocenters. The Bertz CT molecular complexity index is 1510. The van der Waals surface area contributed by atoms with Crippen molar-refractivity contribution >= 4 is 40.9 Å². The van der Waals surface area contributed by atoms with E-state index < -0.39 is 66.6 Å². The van der Waals surface area contributed by atoms with E-state index in [0.717, 1.165) is 5.32 Å². The van der Waals surface area contributed by atoms with Gasteiger partial charge in [-0.25, -0.2) is 0 Å². The molecule has 0 saturated heterocycles. The summed E-state index contributed by atoms with van der Waals surface area (Å²) in [6, 6.07) is 18.3. The van der Waals surface area contributed by atoms with Crippen molar-refractivity contribution in [2.75, 3.05) is 6.54 Å². The molecule has 4 N–H and O–H groups in total. The Morgan fingerprint density at radius 3 is 1.81 bits per heavy atom. The predicted molar refractivity (Wildman–Crippen MR) is 170 cm³/mol. The van der Waals surface area contributed by atoms with Gasteiger partial charge in [-0.2, -0.15) is 22.0 Å². The van der Waals surface area contributed by atoms with Gasteiger partial charge in [-0.1, -0.05) is 97.7 Å². The zero-order valence-corrected chi connectivity index (χ0v) is 27.3.